The number of carbonyl (C=O) groups excluding carboxylic acids is 1. The van der Waals surface area contributed by atoms with Gasteiger partial charge < -0.3 is 14.4 Å². The van der Waals surface area contributed by atoms with Crippen molar-refractivity contribution >= 4 is 18.1 Å². The van der Waals surface area contributed by atoms with Crippen molar-refractivity contribution in [3.05, 3.63) is 41.6 Å². The van der Waals surface area contributed by atoms with E-state index >= 15 is 0 Å². The molecule has 0 saturated heterocycles. The standard InChI is InChI=1S/C19H25N5O3/c1-5-24(6-2)19-21-14(3)11-18(22-19)27-13-17(25)23-20-12-15-9-7-8-10-16(15)26-4/h7-12H,5-6,13H2,1-4H3,(H,23,25). The number of nitrogens with one attached hydrogen (secondary N) is 1. The second-order valence-corrected chi connectivity index (χ2v) is 5.64. The van der Waals surface area contributed by atoms with Gasteiger partial charge in [-0.05, 0) is 32.9 Å². The van der Waals surface area contributed by atoms with Crippen LogP contribution in [0.5, 0.6) is 11.6 Å². The summed E-state index contributed by atoms with van der Waals surface area (Å²) in [6.07, 6.45) is 1.52. The smallest absolute Gasteiger partial charge is 0.278 e. The van der Waals surface area contributed by atoms with Gasteiger partial charge in [0, 0.05) is 30.4 Å². The number of anilines is 1. The molecule has 1 amide bonds. The van der Waals surface area contributed by atoms with Gasteiger partial charge in [0.15, 0.2) is 6.61 Å². The van der Waals surface area contributed by atoms with Gasteiger partial charge in [-0.3, -0.25) is 4.79 Å². The van der Waals surface area contributed by atoms with Crippen molar-refractivity contribution < 1.29 is 14.3 Å². The summed E-state index contributed by atoms with van der Waals surface area (Å²) >= 11 is 0. The maximum Gasteiger partial charge on any atom is 0.278 e. The lowest BCUT2D eigenvalue weighted by atomic mass is 10.2. The van der Waals surface area contributed by atoms with E-state index in [-0.39, 0.29) is 12.5 Å². The number of nitrogens with zero attached hydrogens (tertiary/aromatic N) is 4. The number of amides is 1. The molecular formula is C19H25N5O3. The Hall–Kier alpha value is -3.16. The summed E-state index contributed by atoms with van der Waals surface area (Å²) in [6.45, 7) is 7.30. The first-order valence-electron chi connectivity index (χ1n) is 8.75. The van der Waals surface area contributed by atoms with Crippen LogP contribution in [0.1, 0.15) is 25.1 Å². The molecule has 2 rings (SSSR count). The average Bonchev–Trinajstić information content (AvgIpc) is 2.67. The number of aromatic nitrogens is 2. The Bertz CT molecular complexity index is 791. The van der Waals surface area contributed by atoms with Gasteiger partial charge in [0.25, 0.3) is 5.91 Å². The Balaban J connectivity index is 1.93. The van der Waals surface area contributed by atoms with E-state index in [1.807, 2.05) is 49.9 Å². The van der Waals surface area contributed by atoms with Gasteiger partial charge in [-0.15, -0.1) is 0 Å². The molecule has 27 heavy (non-hydrogen) atoms. The Kier molecular flexibility index (Phi) is 7.54. The first-order chi connectivity index (χ1) is 13.1. The van der Waals surface area contributed by atoms with Crippen LogP contribution in [-0.2, 0) is 4.79 Å². The van der Waals surface area contributed by atoms with Crippen LogP contribution in [0.15, 0.2) is 35.4 Å². The van der Waals surface area contributed by atoms with Crippen LogP contribution in [-0.4, -0.2) is 48.9 Å². The highest BCUT2D eigenvalue weighted by Gasteiger charge is 2.10. The molecule has 1 aromatic heterocycles. The normalized spacial score (nSPS) is 10.7. The third kappa shape index (κ3) is 5.95. The highest BCUT2D eigenvalue weighted by molar-refractivity contribution is 5.85. The van der Waals surface area contributed by atoms with E-state index in [1.165, 1.54) is 6.21 Å². The molecule has 2 aromatic rings. The Labute approximate surface area is 159 Å². The first-order valence-corrected chi connectivity index (χ1v) is 8.75. The Morgan fingerprint density at radius 3 is 2.70 bits per heavy atom. The van der Waals surface area contributed by atoms with Crippen molar-refractivity contribution in [2.24, 2.45) is 5.10 Å². The maximum atomic E-state index is 11.9. The molecule has 144 valence electrons. The molecule has 1 aromatic carbocycles. The number of hydrogen-bond acceptors (Lipinski definition) is 7. The molecule has 8 nitrogen and oxygen atoms in total. The fourth-order valence-electron chi connectivity index (χ4n) is 2.37. The largest absolute Gasteiger partial charge is 0.496 e. The molecule has 8 heteroatoms. The monoisotopic (exact) mass is 371 g/mol. The average molecular weight is 371 g/mol. The zero-order valence-electron chi connectivity index (χ0n) is 16.1. The second kappa shape index (κ2) is 10.1. The molecule has 0 saturated carbocycles. The highest BCUT2D eigenvalue weighted by Crippen LogP contribution is 2.16. The van der Waals surface area contributed by atoms with Crippen molar-refractivity contribution in [1.29, 1.82) is 0 Å². The zero-order chi connectivity index (χ0) is 19.6. The second-order valence-electron chi connectivity index (χ2n) is 5.64. The van der Waals surface area contributed by atoms with Gasteiger partial charge in [-0.2, -0.15) is 10.1 Å². The molecular weight excluding hydrogens is 346 g/mol. The SMILES string of the molecule is CCN(CC)c1nc(C)cc(OCC(=O)NN=Cc2ccccc2OC)n1. The van der Waals surface area contributed by atoms with Crippen LogP contribution in [0, 0.1) is 6.92 Å². The van der Waals surface area contributed by atoms with Gasteiger partial charge in [0.1, 0.15) is 5.75 Å². The zero-order valence-corrected chi connectivity index (χ0v) is 16.1. The lowest BCUT2D eigenvalue weighted by Gasteiger charge is -2.19. The van der Waals surface area contributed by atoms with E-state index < -0.39 is 0 Å². The Morgan fingerprint density at radius 2 is 2.00 bits per heavy atom. The van der Waals surface area contributed by atoms with Gasteiger partial charge in [0.05, 0.1) is 13.3 Å². The van der Waals surface area contributed by atoms with Gasteiger partial charge in [-0.1, -0.05) is 12.1 Å². The molecule has 1 N–H and O–H groups in total. The number of hydrogen-bond donors (Lipinski definition) is 1. The van der Waals surface area contributed by atoms with Gasteiger partial charge in [-0.25, -0.2) is 10.4 Å². The van der Waals surface area contributed by atoms with E-state index in [1.54, 1.807) is 13.2 Å². The van der Waals surface area contributed by atoms with E-state index in [9.17, 15) is 4.79 Å². The number of para-hydroxylation sites is 1. The number of hydrazone groups is 1. The maximum absolute atomic E-state index is 11.9. The van der Waals surface area contributed by atoms with Crippen LogP contribution in [0.4, 0.5) is 5.95 Å². The van der Waals surface area contributed by atoms with E-state index in [4.69, 9.17) is 9.47 Å². The molecule has 0 aliphatic heterocycles. The lowest BCUT2D eigenvalue weighted by Crippen LogP contribution is -2.26. The fraction of sp³-hybridized carbons (Fsp3) is 0.368. The summed E-state index contributed by atoms with van der Waals surface area (Å²) in [5.41, 5.74) is 3.96. The van der Waals surface area contributed by atoms with Crippen LogP contribution in [0.25, 0.3) is 0 Å². The Morgan fingerprint density at radius 1 is 1.26 bits per heavy atom. The summed E-state index contributed by atoms with van der Waals surface area (Å²) in [5, 5.41) is 3.93. The number of methoxy groups -OCH3 is 1. The summed E-state index contributed by atoms with van der Waals surface area (Å²) < 4.78 is 10.7. The number of benzene rings is 1. The minimum absolute atomic E-state index is 0.197. The van der Waals surface area contributed by atoms with Crippen LogP contribution >= 0.6 is 0 Å². The molecule has 0 radical (unpaired) electrons. The van der Waals surface area contributed by atoms with E-state index in [0.717, 1.165) is 24.3 Å². The third-order valence-corrected chi connectivity index (χ3v) is 3.75. The van der Waals surface area contributed by atoms with Gasteiger partial charge >= 0.3 is 0 Å². The number of ether oxygens (including phenoxy) is 2. The molecule has 0 unspecified atom stereocenters. The molecule has 0 fully saturated rings. The van der Waals surface area contributed by atoms with Crippen LogP contribution < -0.4 is 19.8 Å². The molecule has 0 spiro atoms. The van der Waals surface area contributed by atoms with E-state index in [0.29, 0.717) is 17.6 Å². The first kappa shape index (κ1) is 20.2. The van der Waals surface area contributed by atoms with Crippen molar-refractivity contribution in [1.82, 2.24) is 15.4 Å². The molecule has 1 heterocycles. The topological polar surface area (TPSA) is 88.9 Å². The number of aryl methyl sites for hydroxylation is 1. The highest BCUT2D eigenvalue weighted by atomic mass is 16.5. The van der Waals surface area contributed by atoms with Gasteiger partial charge in [0.2, 0.25) is 11.8 Å². The molecule has 0 aliphatic carbocycles. The number of rotatable bonds is 9. The third-order valence-electron chi connectivity index (χ3n) is 3.75. The predicted molar refractivity (Wildman–Crippen MR) is 105 cm³/mol. The van der Waals surface area contributed by atoms with Crippen LogP contribution in [0.3, 0.4) is 0 Å². The lowest BCUT2D eigenvalue weighted by molar-refractivity contribution is -0.123. The summed E-state index contributed by atoms with van der Waals surface area (Å²) in [5.74, 6) is 1.23. The van der Waals surface area contributed by atoms with Crippen LogP contribution in [0.2, 0.25) is 0 Å². The number of carbonyl (C=O) groups is 1. The fourth-order valence-corrected chi connectivity index (χ4v) is 2.37. The molecule has 0 bridgehead atoms. The predicted octanol–water partition coefficient (Wildman–Crippen LogP) is 2.17. The summed E-state index contributed by atoms with van der Waals surface area (Å²) in [7, 11) is 1.58. The quantitative estimate of drug-likeness (QED) is 0.537. The van der Waals surface area contributed by atoms with Crippen molar-refractivity contribution in [2.45, 2.75) is 20.8 Å². The molecule has 0 atom stereocenters. The minimum atomic E-state index is -0.387. The van der Waals surface area contributed by atoms with Crippen molar-refractivity contribution in [3.8, 4) is 11.6 Å². The summed E-state index contributed by atoms with van der Waals surface area (Å²) in [6, 6.07) is 9.07. The molecule has 0 aliphatic rings. The van der Waals surface area contributed by atoms with E-state index in [2.05, 4.69) is 20.5 Å². The van der Waals surface area contributed by atoms with Crippen molar-refractivity contribution in [3.63, 3.8) is 0 Å². The van der Waals surface area contributed by atoms with Crippen molar-refractivity contribution in [2.75, 3.05) is 31.7 Å². The minimum Gasteiger partial charge on any atom is -0.496 e. The summed E-state index contributed by atoms with van der Waals surface area (Å²) in [4.78, 5) is 22.7.